The van der Waals surface area contributed by atoms with Crippen LogP contribution in [0.25, 0.3) is 16.7 Å². The first-order chi connectivity index (χ1) is 12.3. The number of hydrogen-bond donors (Lipinski definition) is 2. The van der Waals surface area contributed by atoms with Crippen LogP contribution in [0.5, 0.6) is 0 Å². The highest BCUT2D eigenvalue weighted by molar-refractivity contribution is 5.94. The molecule has 25 heavy (non-hydrogen) atoms. The predicted molar refractivity (Wildman–Crippen MR) is 96.7 cm³/mol. The summed E-state index contributed by atoms with van der Waals surface area (Å²) >= 11 is 0. The van der Waals surface area contributed by atoms with Gasteiger partial charge in [-0.1, -0.05) is 24.3 Å². The van der Waals surface area contributed by atoms with Crippen LogP contribution in [0, 0.1) is 0 Å². The van der Waals surface area contributed by atoms with Gasteiger partial charge in [0.05, 0.1) is 17.4 Å². The maximum absolute atomic E-state index is 5.98. The molecule has 3 N–H and O–H groups in total. The molecule has 2 aromatic heterocycles. The van der Waals surface area contributed by atoms with Crippen LogP contribution in [0.1, 0.15) is 11.7 Å². The molecule has 0 aliphatic carbocycles. The number of nitrogens with one attached hydrogen (secondary N) is 1. The molecule has 4 aromatic rings. The number of nitrogens with two attached hydrogens (primary N) is 1. The van der Waals surface area contributed by atoms with Crippen molar-refractivity contribution in [1.82, 2.24) is 19.1 Å². The van der Waals surface area contributed by atoms with E-state index in [1.807, 2.05) is 47.2 Å². The summed E-state index contributed by atoms with van der Waals surface area (Å²) in [5.41, 5.74) is 9.99. The standard InChI is InChI=1S/C18H15N7/c19-17-22-16(12-5-7-13(8-6-12)24-10-9-20-11-24)25-15-4-2-1-3-14(15)21-18(25)23-17/h1-11,16H,(H3,19,21,22,23)/t16-/m1/s1. The number of anilines is 1. The Hall–Kier alpha value is -3.61. The normalized spacial score (nSPS) is 16.3. The van der Waals surface area contributed by atoms with Crippen molar-refractivity contribution in [1.29, 1.82) is 0 Å². The largest absolute Gasteiger partial charge is 0.370 e. The Bertz CT molecular complexity index is 1070. The van der Waals surface area contributed by atoms with Gasteiger partial charge in [-0.3, -0.25) is 9.88 Å². The Morgan fingerprint density at radius 3 is 2.68 bits per heavy atom. The quantitative estimate of drug-likeness (QED) is 0.592. The lowest BCUT2D eigenvalue weighted by molar-refractivity contribution is 0.626. The lowest BCUT2D eigenvalue weighted by Crippen LogP contribution is -2.31. The van der Waals surface area contributed by atoms with Gasteiger partial charge in [-0.2, -0.15) is 0 Å². The average molecular weight is 329 g/mol. The van der Waals surface area contributed by atoms with Gasteiger partial charge in [0, 0.05) is 18.1 Å². The summed E-state index contributed by atoms with van der Waals surface area (Å²) in [6.07, 6.45) is 5.20. The number of para-hydroxylation sites is 2. The number of rotatable bonds is 2. The van der Waals surface area contributed by atoms with Crippen LogP contribution in [0.4, 0.5) is 5.95 Å². The van der Waals surface area contributed by atoms with E-state index in [1.54, 1.807) is 12.5 Å². The molecule has 1 atom stereocenters. The van der Waals surface area contributed by atoms with Gasteiger partial charge in [0.2, 0.25) is 5.95 Å². The molecule has 0 saturated carbocycles. The SMILES string of the molecule is NC1=N[C@@H](c2ccc(-n3ccnc3)cc2)n2c(nc3ccccc32)N1. The summed E-state index contributed by atoms with van der Waals surface area (Å²) < 4.78 is 4.03. The van der Waals surface area contributed by atoms with Crippen LogP contribution < -0.4 is 11.1 Å². The third-order valence-electron chi connectivity index (χ3n) is 4.34. The van der Waals surface area contributed by atoms with Crippen LogP contribution in [-0.2, 0) is 0 Å². The fraction of sp³-hybridized carbons (Fsp3) is 0.0556. The second-order valence-electron chi connectivity index (χ2n) is 5.87. The zero-order valence-electron chi connectivity index (χ0n) is 13.2. The minimum absolute atomic E-state index is 0.250. The van der Waals surface area contributed by atoms with Crippen molar-refractivity contribution < 1.29 is 0 Å². The molecule has 0 spiro atoms. The van der Waals surface area contributed by atoms with Crippen LogP contribution >= 0.6 is 0 Å². The van der Waals surface area contributed by atoms with Crippen LogP contribution in [0.3, 0.4) is 0 Å². The van der Waals surface area contributed by atoms with Gasteiger partial charge in [0.1, 0.15) is 0 Å². The molecular weight excluding hydrogens is 314 g/mol. The molecule has 0 unspecified atom stereocenters. The third kappa shape index (κ3) is 2.17. The zero-order chi connectivity index (χ0) is 16.8. The molecule has 5 rings (SSSR count). The minimum atomic E-state index is -0.250. The predicted octanol–water partition coefficient (Wildman–Crippen LogP) is 2.51. The summed E-state index contributed by atoms with van der Waals surface area (Å²) in [4.78, 5) is 13.3. The minimum Gasteiger partial charge on any atom is -0.370 e. The van der Waals surface area contributed by atoms with E-state index in [0.717, 1.165) is 22.3 Å². The first-order valence-electron chi connectivity index (χ1n) is 7.95. The van der Waals surface area contributed by atoms with E-state index in [4.69, 9.17) is 5.73 Å². The Labute approximate surface area is 143 Å². The third-order valence-corrected chi connectivity index (χ3v) is 4.34. The molecular formula is C18H15N7. The number of nitrogens with zero attached hydrogens (tertiary/aromatic N) is 5. The zero-order valence-corrected chi connectivity index (χ0v) is 13.2. The number of benzene rings is 2. The highest BCUT2D eigenvalue weighted by Gasteiger charge is 2.24. The molecule has 7 heteroatoms. The molecule has 0 fully saturated rings. The van der Waals surface area contributed by atoms with E-state index in [-0.39, 0.29) is 6.17 Å². The van der Waals surface area contributed by atoms with Gasteiger partial charge in [0.15, 0.2) is 12.1 Å². The smallest absolute Gasteiger partial charge is 0.212 e. The Morgan fingerprint density at radius 1 is 1.04 bits per heavy atom. The molecule has 122 valence electrons. The second-order valence-corrected chi connectivity index (χ2v) is 5.87. The lowest BCUT2D eigenvalue weighted by Gasteiger charge is -2.24. The van der Waals surface area contributed by atoms with E-state index >= 15 is 0 Å². The number of imidazole rings is 2. The van der Waals surface area contributed by atoms with E-state index in [9.17, 15) is 0 Å². The summed E-state index contributed by atoms with van der Waals surface area (Å²) in [5, 5.41) is 3.05. The molecule has 0 radical (unpaired) electrons. The monoisotopic (exact) mass is 329 g/mol. The molecule has 7 nitrogen and oxygen atoms in total. The molecule has 1 aliphatic rings. The first-order valence-corrected chi connectivity index (χ1v) is 7.95. The fourth-order valence-electron chi connectivity index (χ4n) is 3.17. The number of guanidine groups is 1. The van der Waals surface area contributed by atoms with E-state index in [2.05, 4.69) is 37.0 Å². The van der Waals surface area contributed by atoms with Crippen molar-refractivity contribution in [2.24, 2.45) is 10.7 Å². The van der Waals surface area contributed by atoms with E-state index < -0.39 is 0 Å². The van der Waals surface area contributed by atoms with Gasteiger partial charge in [0.25, 0.3) is 0 Å². The fourth-order valence-corrected chi connectivity index (χ4v) is 3.17. The highest BCUT2D eigenvalue weighted by atomic mass is 15.4. The van der Waals surface area contributed by atoms with E-state index in [1.165, 1.54) is 0 Å². The number of aromatic nitrogens is 4. The molecule has 3 heterocycles. The van der Waals surface area contributed by atoms with Crippen molar-refractivity contribution in [3.05, 3.63) is 72.8 Å². The molecule has 0 saturated heterocycles. The average Bonchev–Trinajstić information content (AvgIpc) is 3.28. The van der Waals surface area contributed by atoms with Crippen molar-refractivity contribution in [3.8, 4) is 5.69 Å². The van der Waals surface area contributed by atoms with Crippen LogP contribution in [0.2, 0.25) is 0 Å². The molecule has 1 aliphatic heterocycles. The maximum atomic E-state index is 5.98. The molecule has 0 bridgehead atoms. The summed E-state index contributed by atoms with van der Waals surface area (Å²) in [7, 11) is 0. The summed E-state index contributed by atoms with van der Waals surface area (Å²) in [5.74, 6) is 1.07. The number of aliphatic imine (C=N–C) groups is 1. The topological polar surface area (TPSA) is 86.0 Å². The van der Waals surface area contributed by atoms with Crippen molar-refractivity contribution in [2.45, 2.75) is 6.17 Å². The summed E-state index contributed by atoms with van der Waals surface area (Å²) in [6, 6.07) is 16.2. The Balaban J connectivity index is 1.63. The second kappa shape index (κ2) is 5.20. The van der Waals surface area contributed by atoms with Crippen LogP contribution in [-0.4, -0.2) is 25.1 Å². The van der Waals surface area contributed by atoms with Gasteiger partial charge in [-0.25, -0.2) is 15.0 Å². The Kier molecular flexibility index (Phi) is 2.87. The number of hydrogen-bond acceptors (Lipinski definition) is 5. The van der Waals surface area contributed by atoms with Gasteiger partial charge >= 0.3 is 0 Å². The Morgan fingerprint density at radius 2 is 1.88 bits per heavy atom. The van der Waals surface area contributed by atoms with Crippen molar-refractivity contribution in [3.63, 3.8) is 0 Å². The maximum Gasteiger partial charge on any atom is 0.212 e. The van der Waals surface area contributed by atoms with Gasteiger partial charge < -0.3 is 10.3 Å². The number of fused-ring (bicyclic) bond motifs is 3. The molecule has 2 aromatic carbocycles. The lowest BCUT2D eigenvalue weighted by atomic mass is 10.1. The van der Waals surface area contributed by atoms with Gasteiger partial charge in [-0.15, -0.1) is 0 Å². The first kappa shape index (κ1) is 13.8. The van der Waals surface area contributed by atoms with Crippen LogP contribution in [0.15, 0.2) is 72.2 Å². The van der Waals surface area contributed by atoms with Crippen molar-refractivity contribution >= 4 is 22.9 Å². The highest BCUT2D eigenvalue weighted by Crippen LogP contribution is 2.32. The van der Waals surface area contributed by atoms with Gasteiger partial charge in [-0.05, 0) is 29.8 Å². The van der Waals surface area contributed by atoms with E-state index in [0.29, 0.717) is 11.9 Å². The molecule has 0 amide bonds. The summed E-state index contributed by atoms with van der Waals surface area (Å²) in [6.45, 7) is 0. The van der Waals surface area contributed by atoms with Crippen molar-refractivity contribution in [2.75, 3.05) is 5.32 Å².